The first-order chi connectivity index (χ1) is 10.3. The van der Waals surface area contributed by atoms with Gasteiger partial charge >= 0.3 is 0 Å². The number of rotatable bonds is 5. The van der Waals surface area contributed by atoms with Gasteiger partial charge in [0.2, 0.25) is 0 Å². The molecule has 2 fully saturated rings. The molecule has 2 saturated heterocycles. The molecule has 0 aromatic carbocycles. The molecule has 0 aliphatic carbocycles. The van der Waals surface area contributed by atoms with Crippen molar-refractivity contribution in [1.29, 1.82) is 0 Å². The summed E-state index contributed by atoms with van der Waals surface area (Å²) in [5.41, 5.74) is 1.22. The normalized spacial score (nSPS) is 25.6. The van der Waals surface area contributed by atoms with Crippen LogP contribution in [0.4, 0.5) is 11.6 Å². The maximum atomic E-state index is 4.51. The smallest absolute Gasteiger partial charge is 0.134 e. The Morgan fingerprint density at radius 2 is 2.00 bits per heavy atom. The minimum absolute atomic E-state index is 0.542. The minimum Gasteiger partial charge on any atom is -0.370 e. The zero-order valence-electron chi connectivity index (χ0n) is 13.2. The van der Waals surface area contributed by atoms with Crippen molar-refractivity contribution in [2.24, 2.45) is 0 Å². The first-order valence-electron chi connectivity index (χ1n) is 8.41. The third-order valence-electron chi connectivity index (χ3n) is 4.82. The molecule has 0 saturated carbocycles. The fraction of sp³-hybridized carbons (Fsp3) is 0.750. The van der Waals surface area contributed by atoms with Gasteiger partial charge in [-0.25, -0.2) is 9.97 Å². The Hall–Kier alpha value is -1.36. The van der Waals surface area contributed by atoms with E-state index in [1.54, 1.807) is 6.33 Å². The van der Waals surface area contributed by atoms with Crippen LogP contribution in [-0.4, -0.2) is 46.6 Å². The fourth-order valence-electron chi connectivity index (χ4n) is 3.78. The van der Waals surface area contributed by atoms with Crippen LogP contribution in [-0.2, 0) is 6.42 Å². The number of hydrogen-bond donors (Lipinski definition) is 2. The van der Waals surface area contributed by atoms with Crippen molar-refractivity contribution in [2.75, 3.05) is 30.3 Å². The predicted octanol–water partition coefficient (Wildman–Crippen LogP) is 2.51. The van der Waals surface area contributed by atoms with Crippen LogP contribution in [0.1, 0.15) is 45.1 Å². The van der Waals surface area contributed by atoms with Crippen molar-refractivity contribution in [3.8, 4) is 0 Å². The van der Waals surface area contributed by atoms with Gasteiger partial charge in [0.1, 0.15) is 18.0 Å². The van der Waals surface area contributed by atoms with Crippen LogP contribution in [0.15, 0.2) is 6.33 Å². The lowest BCUT2D eigenvalue weighted by Gasteiger charge is -2.33. The number of fused-ring (bicyclic) bond motifs is 1. The molecule has 2 aliphatic rings. The van der Waals surface area contributed by atoms with Gasteiger partial charge < -0.3 is 10.6 Å². The highest BCUT2D eigenvalue weighted by Crippen LogP contribution is 2.30. The van der Waals surface area contributed by atoms with Gasteiger partial charge in [0.15, 0.2) is 0 Å². The van der Waals surface area contributed by atoms with Crippen LogP contribution in [0, 0.1) is 0 Å². The summed E-state index contributed by atoms with van der Waals surface area (Å²) in [6.45, 7) is 7.67. The summed E-state index contributed by atoms with van der Waals surface area (Å²) in [6, 6.07) is 1.24. The summed E-state index contributed by atoms with van der Waals surface area (Å²) in [6.07, 6.45) is 7.91. The van der Waals surface area contributed by atoms with Crippen molar-refractivity contribution >= 4 is 11.6 Å². The fourth-order valence-corrected chi connectivity index (χ4v) is 3.78. The quantitative estimate of drug-likeness (QED) is 0.872. The summed E-state index contributed by atoms with van der Waals surface area (Å²) in [7, 11) is 0. The van der Waals surface area contributed by atoms with E-state index in [4.69, 9.17) is 0 Å². The monoisotopic (exact) mass is 289 g/mol. The molecule has 5 nitrogen and oxygen atoms in total. The van der Waals surface area contributed by atoms with Gasteiger partial charge in [0, 0.05) is 30.7 Å². The van der Waals surface area contributed by atoms with E-state index in [0.717, 1.165) is 24.6 Å². The molecule has 1 aromatic heterocycles. The molecule has 0 spiro atoms. The first-order valence-corrected chi connectivity index (χ1v) is 8.41. The van der Waals surface area contributed by atoms with E-state index in [-0.39, 0.29) is 0 Å². The molecule has 2 N–H and O–H groups in total. The van der Waals surface area contributed by atoms with Crippen molar-refractivity contribution in [2.45, 2.75) is 58.0 Å². The number of aromatic nitrogens is 2. The van der Waals surface area contributed by atoms with Gasteiger partial charge in [-0.2, -0.15) is 0 Å². The maximum absolute atomic E-state index is 4.51. The highest BCUT2D eigenvalue weighted by atomic mass is 15.2. The van der Waals surface area contributed by atoms with Crippen molar-refractivity contribution in [3.63, 3.8) is 0 Å². The van der Waals surface area contributed by atoms with Crippen molar-refractivity contribution < 1.29 is 0 Å². The molecule has 2 atom stereocenters. The number of nitrogens with one attached hydrogen (secondary N) is 2. The van der Waals surface area contributed by atoms with E-state index in [9.17, 15) is 0 Å². The van der Waals surface area contributed by atoms with E-state index in [1.807, 2.05) is 0 Å². The second-order valence-electron chi connectivity index (χ2n) is 6.07. The van der Waals surface area contributed by atoms with Gasteiger partial charge in [0.05, 0.1) is 0 Å². The topological polar surface area (TPSA) is 53.1 Å². The van der Waals surface area contributed by atoms with Gasteiger partial charge in [-0.05, 0) is 39.2 Å². The molecule has 2 unspecified atom stereocenters. The molecule has 3 heterocycles. The number of anilines is 2. The second kappa shape index (κ2) is 6.60. The Bertz CT molecular complexity index is 476. The Morgan fingerprint density at radius 1 is 1.14 bits per heavy atom. The lowest BCUT2D eigenvalue weighted by atomic mass is 9.99. The predicted molar refractivity (Wildman–Crippen MR) is 86.8 cm³/mol. The minimum atomic E-state index is 0.542. The summed E-state index contributed by atoms with van der Waals surface area (Å²) >= 11 is 0. The second-order valence-corrected chi connectivity index (χ2v) is 6.07. The SMILES string of the molecule is CCNc1ncnc(NC2CCN3CCCCC23)c1CC. The Balaban J connectivity index is 1.76. The third kappa shape index (κ3) is 2.98. The van der Waals surface area contributed by atoms with E-state index in [1.165, 1.54) is 44.3 Å². The third-order valence-corrected chi connectivity index (χ3v) is 4.82. The van der Waals surface area contributed by atoms with Crippen LogP contribution < -0.4 is 10.6 Å². The van der Waals surface area contributed by atoms with Crippen molar-refractivity contribution in [1.82, 2.24) is 14.9 Å². The standard InChI is InChI=1S/C16H27N5/c1-3-12-15(17-4-2)18-11-19-16(12)20-13-8-10-21-9-6-5-7-14(13)21/h11,13-14H,3-10H2,1-2H3,(H2,17,18,19,20). The zero-order chi connectivity index (χ0) is 14.7. The first kappa shape index (κ1) is 14.6. The highest BCUT2D eigenvalue weighted by Gasteiger charge is 2.35. The van der Waals surface area contributed by atoms with Crippen LogP contribution in [0.25, 0.3) is 0 Å². The summed E-state index contributed by atoms with van der Waals surface area (Å²) < 4.78 is 0. The van der Waals surface area contributed by atoms with Gasteiger partial charge in [-0.15, -0.1) is 0 Å². The maximum Gasteiger partial charge on any atom is 0.134 e. The lowest BCUT2D eigenvalue weighted by Crippen LogP contribution is -2.42. The molecular formula is C16H27N5. The molecule has 1 aromatic rings. The van der Waals surface area contributed by atoms with Gasteiger partial charge in [-0.1, -0.05) is 13.3 Å². The number of hydrogen-bond acceptors (Lipinski definition) is 5. The molecule has 0 amide bonds. The average molecular weight is 289 g/mol. The van der Waals surface area contributed by atoms with Crippen LogP contribution >= 0.6 is 0 Å². The van der Waals surface area contributed by atoms with Gasteiger partial charge in [0.25, 0.3) is 0 Å². The molecule has 21 heavy (non-hydrogen) atoms. The molecule has 5 heteroatoms. The number of nitrogens with zero attached hydrogens (tertiary/aromatic N) is 3. The van der Waals surface area contributed by atoms with E-state index >= 15 is 0 Å². The van der Waals surface area contributed by atoms with Crippen molar-refractivity contribution in [3.05, 3.63) is 11.9 Å². The van der Waals surface area contributed by atoms with E-state index in [0.29, 0.717) is 12.1 Å². The summed E-state index contributed by atoms with van der Waals surface area (Å²) in [5, 5.41) is 7.07. The zero-order valence-corrected chi connectivity index (χ0v) is 13.2. The van der Waals surface area contributed by atoms with Crippen LogP contribution in [0.2, 0.25) is 0 Å². The molecule has 3 rings (SSSR count). The Morgan fingerprint density at radius 3 is 2.81 bits per heavy atom. The molecule has 0 bridgehead atoms. The van der Waals surface area contributed by atoms with Crippen LogP contribution in [0.3, 0.4) is 0 Å². The van der Waals surface area contributed by atoms with E-state index < -0.39 is 0 Å². The molecule has 116 valence electrons. The highest BCUT2D eigenvalue weighted by molar-refractivity contribution is 5.58. The lowest BCUT2D eigenvalue weighted by molar-refractivity contribution is 0.192. The Kier molecular flexibility index (Phi) is 4.58. The van der Waals surface area contributed by atoms with E-state index in [2.05, 4.69) is 39.3 Å². The molecule has 2 aliphatic heterocycles. The summed E-state index contributed by atoms with van der Waals surface area (Å²) in [4.78, 5) is 11.5. The van der Waals surface area contributed by atoms with Crippen LogP contribution in [0.5, 0.6) is 0 Å². The average Bonchev–Trinajstić information content (AvgIpc) is 2.91. The largest absolute Gasteiger partial charge is 0.370 e. The summed E-state index contributed by atoms with van der Waals surface area (Å²) in [5.74, 6) is 2.01. The number of piperidine rings is 1. The van der Waals surface area contributed by atoms with Gasteiger partial charge in [-0.3, -0.25) is 4.90 Å². The molecule has 0 radical (unpaired) electrons. The molecular weight excluding hydrogens is 262 g/mol. The Labute approximate surface area is 127 Å².